The van der Waals surface area contributed by atoms with Crippen molar-refractivity contribution < 1.29 is 38.4 Å². The van der Waals surface area contributed by atoms with Crippen LogP contribution in [0.1, 0.15) is 59.6 Å². The minimum atomic E-state index is -4.88. The largest absolute Gasteiger partial charge is 0.361 e. The molecule has 14 nitrogen and oxygen atoms in total. The topological polar surface area (TPSA) is 209 Å². The predicted molar refractivity (Wildman–Crippen MR) is 343 cm³/mol. The van der Waals surface area contributed by atoms with Gasteiger partial charge in [0.15, 0.2) is 0 Å². The Labute approximate surface area is 513 Å². The van der Waals surface area contributed by atoms with Crippen molar-refractivity contribution in [2.45, 2.75) is 79.8 Å². The van der Waals surface area contributed by atoms with Gasteiger partial charge in [-0.15, -0.1) is 0 Å². The molecule has 0 aliphatic heterocycles. The second-order valence-corrected chi connectivity index (χ2v) is 28.9. The van der Waals surface area contributed by atoms with Gasteiger partial charge in [-0.25, -0.2) is 57.6 Å². The van der Waals surface area contributed by atoms with Gasteiger partial charge >= 0.3 is 0 Å². The van der Waals surface area contributed by atoms with Crippen LogP contribution in [0.5, 0.6) is 0 Å². The molecule has 0 saturated heterocycles. The summed E-state index contributed by atoms with van der Waals surface area (Å²) >= 11 is 0. The first kappa shape index (κ1) is 60.1. The van der Waals surface area contributed by atoms with Crippen molar-refractivity contribution in [2.24, 2.45) is 0 Å². The summed E-state index contributed by atoms with van der Waals surface area (Å²) in [6, 6.07) is 45.5. The van der Waals surface area contributed by atoms with Gasteiger partial charge in [0, 0.05) is 63.0 Å². The van der Waals surface area contributed by atoms with Crippen LogP contribution in [0.4, 0.5) is 13.2 Å². The summed E-state index contributed by atoms with van der Waals surface area (Å²) in [6.07, 6.45) is 6.40. The molecule has 0 spiro atoms. The van der Waals surface area contributed by atoms with Crippen LogP contribution in [0.2, 0.25) is 0 Å². The number of imidazole rings is 1. The van der Waals surface area contributed by atoms with Gasteiger partial charge in [-0.3, -0.25) is 9.97 Å². The van der Waals surface area contributed by atoms with Gasteiger partial charge in [0.1, 0.15) is 17.5 Å². The molecule has 9 aromatic carbocycles. The second-order valence-electron chi connectivity index (χ2n) is 23.9. The van der Waals surface area contributed by atoms with Crippen LogP contribution < -0.4 is 14.2 Å². The lowest BCUT2D eigenvalue weighted by Gasteiger charge is -2.33. The fourth-order valence-corrected chi connectivity index (χ4v) is 16.6. The van der Waals surface area contributed by atoms with E-state index in [2.05, 4.69) is 39.1 Å². The second kappa shape index (κ2) is 22.5. The summed E-state index contributed by atoms with van der Waals surface area (Å²) in [5, 5.41) is 0.829. The zero-order chi connectivity index (χ0) is 63.0. The molecule has 5 N–H and O–H groups in total. The molecule has 89 heavy (non-hydrogen) atoms. The highest BCUT2D eigenvalue weighted by Crippen LogP contribution is 2.44. The summed E-state index contributed by atoms with van der Waals surface area (Å²) in [5.74, 6) is -2.02. The van der Waals surface area contributed by atoms with E-state index in [-0.39, 0.29) is 71.0 Å². The summed E-state index contributed by atoms with van der Waals surface area (Å²) < 4.78 is 149. The number of aromatic amines is 2. The van der Waals surface area contributed by atoms with Crippen LogP contribution in [-0.2, 0) is 41.1 Å². The molecule has 12 rings (SSSR count). The van der Waals surface area contributed by atoms with Gasteiger partial charge < -0.3 is 9.97 Å². The number of nitrogens with zero attached hydrogens (tertiary/aromatic N) is 3. The molecule has 0 saturated carbocycles. The van der Waals surface area contributed by atoms with Crippen LogP contribution in [0.15, 0.2) is 216 Å². The molecule has 450 valence electrons. The Balaban J connectivity index is 0.958. The fourth-order valence-electron chi connectivity index (χ4n) is 11.6. The van der Waals surface area contributed by atoms with Crippen molar-refractivity contribution in [1.82, 2.24) is 39.1 Å². The third kappa shape index (κ3) is 11.8. The highest BCUT2D eigenvalue weighted by molar-refractivity contribution is 7.90. The molecule has 0 aliphatic rings. The number of halogens is 3. The maximum atomic E-state index is 17.0. The Kier molecular flexibility index (Phi) is 15.2. The van der Waals surface area contributed by atoms with Crippen molar-refractivity contribution in [2.75, 3.05) is 0 Å². The zero-order valence-corrected chi connectivity index (χ0v) is 51.7. The molecule has 3 aromatic heterocycles. The third-order valence-electron chi connectivity index (χ3n) is 15.5. The summed E-state index contributed by atoms with van der Waals surface area (Å²) in [7, 11) is -13.9. The van der Waals surface area contributed by atoms with Gasteiger partial charge in [0.05, 0.1) is 54.2 Å². The molecule has 20 heteroatoms. The Bertz CT molecular complexity index is 5180. The Morgan fingerprint density at radius 1 is 0.382 bits per heavy atom. The third-order valence-corrected chi connectivity index (χ3v) is 20.8. The number of hydrogen-bond acceptors (Lipinski definition) is 9. The smallest absolute Gasteiger partial charge is 0.241 e. The van der Waals surface area contributed by atoms with E-state index >= 15 is 30.0 Å². The highest BCUT2D eigenvalue weighted by Gasteiger charge is 2.39. The Morgan fingerprint density at radius 2 is 0.843 bits per heavy atom. The molecule has 0 atom stereocenters. The van der Waals surface area contributed by atoms with Crippen LogP contribution in [0.3, 0.4) is 0 Å². The zero-order valence-electron chi connectivity index (χ0n) is 49.2. The first-order valence-corrected chi connectivity index (χ1v) is 32.7. The number of benzene rings is 9. The van der Waals surface area contributed by atoms with E-state index in [1.165, 1.54) is 86.9 Å². The van der Waals surface area contributed by atoms with E-state index in [1.54, 1.807) is 144 Å². The first-order valence-electron chi connectivity index (χ1n) is 28.3. The van der Waals surface area contributed by atoms with Crippen molar-refractivity contribution in [3.63, 3.8) is 0 Å². The fraction of sp³-hybridized carbons (Fsp3) is 0.145. The van der Waals surface area contributed by atoms with Crippen molar-refractivity contribution in [3.8, 4) is 66.8 Å². The maximum absolute atomic E-state index is 17.0. The number of aromatic nitrogens is 5. The SMILES string of the molecule is CC(C)(C)NS(=O)(=O)c1cccc(C(C)(C)NS(=O)(=O)c2cccc(C(C)(C)NS(=O)(=O)c3ccccc3-c3ccc(-c4ccc5nccnc5c4)c(F)c3)c2-c2ccc(-c3ccc4[nH]ccc4c3)c(F)c2)c1-c1ccc(-c2ccc3nc[nH]c3c2)c(F)c1. The van der Waals surface area contributed by atoms with E-state index in [9.17, 15) is 8.42 Å². The Morgan fingerprint density at radius 3 is 1.43 bits per heavy atom. The minimum absolute atomic E-state index is 0.00521. The minimum Gasteiger partial charge on any atom is -0.361 e. The van der Waals surface area contributed by atoms with Gasteiger partial charge in [-0.1, -0.05) is 97.1 Å². The Hall–Kier alpha value is -9.15. The van der Waals surface area contributed by atoms with Crippen LogP contribution >= 0.6 is 0 Å². The predicted octanol–water partition coefficient (Wildman–Crippen LogP) is 14.9. The number of sulfonamides is 3. The molecule has 0 unspecified atom stereocenters. The summed E-state index contributed by atoms with van der Waals surface area (Å²) in [6.45, 7) is 11.2. The summed E-state index contributed by atoms with van der Waals surface area (Å²) in [5.41, 5.74) is 2.02. The van der Waals surface area contributed by atoms with Crippen LogP contribution in [0.25, 0.3) is 99.7 Å². The molecule has 0 radical (unpaired) electrons. The van der Waals surface area contributed by atoms with Gasteiger partial charge in [0.2, 0.25) is 30.1 Å². The van der Waals surface area contributed by atoms with Gasteiger partial charge in [0.25, 0.3) is 0 Å². The van der Waals surface area contributed by atoms with E-state index < -0.39 is 69.0 Å². The lowest BCUT2D eigenvalue weighted by atomic mass is 9.87. The monoisotopic (exact) mass is 1250 g/mol. The van der Waals surface area contributed by atoms with Crippen LogP contribution in [0, 0.1) is 17.5 Å². The molecule has 0 fully saturated rings. The van der Waals surface area contributed by atoms with E-state index in [4.69, 9.17) is 0 Å². The van der Waals surface area contributed by atoms with Crippen molar-refractivity contribution in [1.29, 1.82) is 0 Å². The van der Waals surface area contributed by atoms with E-state index in [0.29, 0.717) is 38.8 Å². The highest BCUT2D eigenvalue weighted by atomic mass is 32.2. The van der Waals surface area contributed by atoms with Crippen LogP contribution in [-0.4, -0.2) is 55.7 Å². The number of nitrogens with one attached hydrogen (secondary N) is 5. The molecule has 0 aliphatic carbocycles. The lowest BCUT2D eigenvalue weighted by Crippen LogP contribution is -2.43. The number of rotatable bonds is 16. The number of H-pyrrole nitrogens is 2. The quantitative estimate of drug-likeness (QED) is 0.0622. The number of hydrogen-bond donors (Lipinski definition) is 5. The molecule has 12 aromatic rings. The van der Waals surface area contributed by atoms with Gasteiger partial charge in [-0.2, -0.15) is 0 Å². The average molecular weight is 1250 g/mol. The maximum Gasteiger partial charge on any atom is 0.241 e. The standard InChI is InChI=1S/C69H59F3N8O6S3/c1-67(2,3)78-88(83,84)63-16-10-13-52(65(63)46-20-26-50(56(72)37-46)44-23-29-59-61(39-44)77-40-76-59)69(6,7)80-89(85,86)64-17-11-14-53(66(64)47-19-25-48(55(71)36-47)41-21-27-57-45(34-41)30-31-73-57)68(4,5)79-87(81,82)62-15-9-8-12-51(62)42-18-24-49(54(70)35-42)43-22-28-58-60(38-43)75-33-32-74-58/h8-40,73,78-80H,1-7H3,(H,76,77). The first-order chi connectivity index (χ1) is 42.2. The summed E-state index contributed by atoms with van der Waals surface area (Å²) in [4.78, 5) is 18.2. The molecular weight excluding hydrogens is 1190 g/mol. The van der Waals surface area contributed by atoms with E-state index in [1.807, 2.05) is 18.2 Å². The molecule has 3 heterocycles. The van der Waals surface area contributed by atoms with E-state index in [0.717, 1.165) is 10.9 Å². The lowest BCUT2D eigenvalue weighted by molar-refractivity contribution is 0.469. The molecule has 0 bridgehead atoms. The van der Waals surface area contributed by atoms with Gasteiger partial charge in [-0.05, 0) is 177 Å². The molecular formula is C69H59F3N8O6S3. The average Bonchev–Trinajstić information content (AvgIpc) is 1.10. The number of fused-ring (bicyclic) bond motifs is 3. The normalized spacial score (nSPS) is 12.8. The van der Waals surface area contributed by atoms with Crippen molar-refractivity contribution in [3.05, 3.63) is 229 Å². The molecule has 0 amide bonds. The van der Waals surface area contributed by atoms with Crippen molar-refractivity contribution >= 4 is 63.0 Å².